The largest absolute Gasteiger partial charge is 0.315 e. The van der Waals surface area contributed by atoms with Gasteiger partial charge in [0.25, 0.3) is 0 Å². The lowest BCUT2D eigenvalue weighted by Gasteiger charge is -2.08. The standard InChI is InChI=1S/C13H22N2O2S/c1-3-8-14-9-10-15-18(16,17)13-7-5-6-12(4-2)11-13/h5-7,11,14-15H,3-4,8-10H2,1-2H3. The van der Waals surface area contributed by atoms with Crippen molar-refractivity contribution in [1.82, 2.24) is 10.0 Å². The van der Waals surface area contributed by atoms with Crippen molar-refractivity contribution in [3.8, 4) is 0 Å². The highest BCUT2D eigenvalue weighted by Gasteiger charge is 2.12. The molecule has 0 saturated heterocycles. The molecule has 0 radical (unpaired) electrons. The van der Waals surface area contributed by atoms with Gasteiger partial charge in [-0.1, -0.05) is 26.0 Å². The summed E-state index contributed by atoms with van der Waals surface area (Å²) in [5, 5.41) is 3.15. The highest BCUT2D eigenvalue weighted by molar-refractivity contribution is 7.89. The number of rotatable bonds is 8. The van der Waals surface area contributed by atoms with E-state index in [-0.39, 0.29) is 0 Å². The molecule has 18 heavy (non-hydrogen) atoms. The fourth-order valence-corrected chi connectivity index (χ4v) is 2.69. The van der Waals surface area contributed by atoms with Crippen LogP contribution in [0.2, 0.25) is 0 Å². The first-order chi connectivity index (χ1) is 8.60. The van der Waals surface area contributed by atoms with E-state index >= 15 is 0 Å². The van der Waals surface area contributed by atoms with E-state index in [0.717, 1.165) is 24.9 Å². The molecule has 0 aromatic heterocycles. The van der Waals surface area contributed by atoms with Crippen LogP contribution in [0.5, 0.6) is 0 Å². The van der Waals surface area contributed by atoms with Crippen molar-refractivity contribution in [2.75, 3.05) is 19.6 Å². The minimum Gasteiger partial charge on any atom is -0.315 e. The molecule has 0 atom stereocenters. The van der Waals surface area contributed by atoms with Gasteiger partial charge in [0, 0.05) is 13.1 Å². The summed E-state index contributed by atoms with van der Waals surface area (Å²) in [5.41, 5.74) is 1.03. The van der Waals surface area contributed by atoms with E-state index < -0.39 is 10.0 Å². The van der Waals surface area contributed by atoms with E-state index in [1.54, 1.807) is 18.2 Å². The minimum absolute atomic E-state index is 0.345. The van der Waals surface area contributed by atoms with Gasteiger partial charge in [0.1, 0.15) is 0 Å². The minimum atomic E-state index is -3.37. The number of aryl methyl sites for hydroxylation is 1. The molecule has 0 unspecified atom stereocenters. The molecule has 0 fully saturated rings. The molecular weight excluding hydrogens is 248 g/mol. The molecule has 0 spiro atoms. The van der Waals surface area contributed by atoms with E-state index in [9.17, 15) is 8.42 Å². The summed E-state index contributed by atoms with van der Waals surface area (Å²) >= 11 is 0. The lowest BCUT2D eigenvalue weighted by molar-refractivity contribution is 0.575. The highest BCUT2D eigenvalue weighted by Crippen LogP contribution is 2.11. The Balaban J connectivity index is 2.57. The van der Waals surface area contributed by atoms with Gasteiger partial charge in [-0.25, -0.2) is 13.1 Å². The van der Waals surface area contributed by atoms with Crippen LogP contribution in [-0.4, -0.2) is 28.1 Å². The van der Waals surface area contributed by atoms with Gasteiger partial charge in [-0.15, -0.1) is 0 Å². The van der Waals surface area contributed by atoms with Crippen molar-refractivity contribution in [2.45, 2.75) is 31.6 Å². The zero-order valence-corrected chi connectivity index (χ0v) is 11.9. The number of nitrogens with one attached hydrogen (secondary N) is 2. The first-order valence-electron chi connectivity index (χ1n) is 6.39. The molecule has 5 heteroatoms. The Bertz CT molecular complexity index is 458. The predicted molar refractivity (Wildman–Crippen MR) is 74.2 cm³/mol. The summed E-state index contributed by atoms with van der Waals surface area (Å²) in [6.07, 6.45) is 1.88. The fraction of sp³-hybridized carbons (Fsp3) is 0.538. The van der Waals surface area contributed by atoms with Crippen molar-refractivity contribution >= 4 is 10.0 Å². The first kappa shape index (κ1) is 15.1. The lowest BCUT2D eigenvalue weighted by atomic mass is 10.2. The van der Waals surface area contributed by atoms with Crippen LogP contribution in [0, 0.1) is 0 Å². The summed E-state index contributed by atoms with van der Waals surface area (Å²) in [6, 6.07) is 7.06. The summed E-state index contributed by atoms with van der Waals surface area (Å²) < 4.78 is 26.6. The molecule has 0 aliphatic rings. The SMILES string of the molecule is CCCNCCNS(=O)(=O)c1cccc(CC)c1. The molecular formula is C13H22N2O2S. The van der Waals surface area contributed by atoms with Crippen molar-refractivity contribution < 1.29 is 8.42 Å². The monoisotopic (exact) mass is 270 g/mol. The summed E-state index contributed by atoms with van der Waals surface area (Å²) in [4.78, 5) is 0.345. The zero-order chi connectivity index (χ0) is 13.4. The Morgan fingerprint density at radius 2 is 1.89 bits per heavy atom. The van der Waals surface area contributed by atoms with Crippen LogP contribution in [-0.2, 0) is 16.4 Å². The van der Waals surface area contributed by atoms with Gasteiger partial charge in [-0.3, -0.25) is 0 Å². The van der Waals surface area contributed by atoms with Crippen LogP contribution in [0.3, 0.4) is 0 Å². The normalized spacial score (nSPS) is 11.7. The molecule has 1 aromatic rings. The third kappa shape index (κ3) is 4.76. The van der Waals surface area contributed by atoms with Crippen LogP contribution in [0.4, 0.5) is 0 Å². The van der Waals surface area contributed by atoms with Crippen LogP contribution < -0.4 is 10.0 Å². The number of benzene rings is 1. The van der Waals surface area contributed by atoms with Gasteiger partial charge in [-0.2, -0.15) is 0 Å². The molecule has 0 aliphatic heterocycles. The fourth-order valence-electron chi connectivity index (χ4n) is 1.59. The zero-order valence-electron chi connectivity index (χ0n) is 11.1. The molecule has 0 aliphatic carbocycles. The van der Waals surface area contributed by atoms with Crippen molar-refractivity contribution in [2.24, 2.45) is 0 Å². The molecule has 0 amide bonds. The van der Waals surface area contributed by atoms with Crippen molar-refractivity contribution in [3.05, 3.63) is 29.8 Å². The van der Waals surface area contributed by atoms with E-state index in [2.05, 4.69) is 17.0 Å². The van der Waals surface area contributed by atoms with Gasteiger partial charge in [0.05, 0.1) is 4.90 Å². The van der Waals surface area contributed by atoms with E-state index in [1.807, 2.05) is 13.0 Å². The van der Waals surface area contributed by atoms with Crippen LogP contribution in [0.15, 0.2) is 29.2 Å². The maximum atomic E-state index is 12.0. The van der Waals surface area contributed by atoms with E-state index in [4.69, 9.17) is 0 Å². The average molecular weight is 270 g/mol. The molecule has 4 nitrogen and oxygen atoms in total. The summed E-state index contributed by atoms with van der Waals surface area (Å²) in [6.45, 7) is 6.06. The van der Waals surface area contributed by atoms with E-state index in [1.165, 1.54) is 0 Å². The molecule has 0 bridgehead atoms. The van der Waals surface area contributed by atoms with Crippen LogP contribution in [0.1, 0.15) is 25.8 Å². The Kier molecular flexibility index (Phi) is 6.32. The third-order valence-electron chi connectivity index (χ3n) is 2.64. The second-order valence-corrected chi connectivity index (χ2v) is 5.92. The van der Waals surface area contributed by atoms with E-state index in [0.29, 0.717) is 18.0 Å². The van der Waals surface area contributed by atoms with Gasteiger partial charge in [0.2, 0.25) is 10.0 Å². The maximum absolute atomic E-state index is 12.0. The molecule has 1 rings (SSSR count). The Labute approximate surface area is 110 Å². The molecule has 102 valence electrons. The number of hydrogen-bond acceptors (Lipinski definition) is 3. The quantitative estimate of drug-likeness (QED) is 0.704. The molecule has 1 aromatic carbocycles. The van der Waals surface area contributed by atoms with Gasteiger partial charge in [0.15, 0.2) is 0 Å². The third-order valence-corrected chi connectivity index (χ3v) is 4.10. The van der Waals surface area contributed by atoms with Crippen molar-refractivity contribution in [3.63, 3.8) is 0 Å². The highest BCUT2D eigenvalue weighted by atomic mass is 32.2. The lowest BCUT2D eigenvalue weighted by Crippen LogP contribution is -2.32. The second kappa shape index (κ2) is 7.51. The molecule has 0 saturated carbocycles. The first-order valence-corrected chi connectivity index (χ1v) is 7.87. The second-order valence-electron chi connectivity index (χ2n) is 4.15. The van der Waals surface area contributed by atoms with Gasteiger partial charge < -0.3 is 5.32 Å². The summed E-state index contributed by atoms with van der Waals surface area (Å²) in [5.74, 6) is 0. The van der Waals surface area contributed by atoms with Crippen LogP contribution in [0.25, 0.3) is 0 Å². The predicted octanol–water partition coefficient (Wildman–Crippen LogP) is 1.53. The number of hydrogen-bond donors (Lipinski definition) is 2. The summed E-state index contributed by atoms with van der Waals surface area (Å²) in [7, 11) is -3.37. The van der Waals surface area contributed by atoms with Crippen molar-refractivity contribution in [1.29, 1.82) is 0 Å². The average Bonchev–Trinajstić information content (AvgIpc) is 2.38. The Hall–Kier alpha value is -0.910. The topological polar surface area (TPSA) is 58.2 Å². The molecule has 0 heterocycles. The van der Waals surface area contributed by atoms with Gasteiger partial charge >= 0.3 is 0 Å². The number of sulfonamides is 1. The van der Waals surface area contributed by atoms with Gasteiger partial charge in [-0.05, 0) is 37.1 Å². The smallest absolute Gasteiger partial charge is 0.240 e. The Morgan fingerprint density at radius 3 is 2.56 bits per heavy atom. The maximum Gasteiger partial charge on any atom is 0.240 e. The van der Waals surface area contributed by atoms with Crippen LogP contribution >= 0.6 is 0 Å². The molecule has 2 N–H and O–H groups in total. The Morgan fingerprint density at radius 1 is 1.11 bits per heavy atom.